The fourth-order valence-electron chi connectivity index (χ4n) is 1.97. The standard InChI is InChI=1S/C15H13Br2FO/c1-9-4-11(6-12(16)5-9)15(19)7-10-2-3-13(18)8-14(10)17/h2-6,8,15,19H,7H2,1H3. The lowest BCUT2D eigenvalue weighted by Gasteiger charge is -2.13. The van der Waals surface area contributed by atoms with Crippen molar-refractivity contribution in [3.05, 3.63) is 67.9 Å². The van der Waals surface area contributed by atoms with E-state index in [1.54, 1.807) is 6.07 Å². The van der Waals surface area contributed by atoms with Gasteiger partial charge in [0.2, 0.25) is 0 Å². The minimum Gasteiger partial charge on any atom is -0.388 e. The highest BCUT2D eigenvalue weighted by molar-refractivity contribution is 9.10. The van der Waals surface area contributed by atoms with E-state index in [-0.39, 0.29) is 5.82 Å². The van der Waals surface area contributed by atoms with E-state index in [2.05, 4.69) is 31.9 Å². The molecule has 0 heterocycles. The Morgan fingerprint density at radius 2 is 1.89 bits per heavy atom. The van der Waals surface area contributed by atoms with Gasteiger partial charge >= 0.3 is 0 Å². The van der Waals surface area contributed by atoms with Crippen LogP contribution >= 0.6 is 31.9 Å². The van der Waals surface area contributed by atoms with Crippen molar-refractivity contribution in [1.29, 1.82) is 0 Å². The lowest BCUT2D eigenvalue weighted by atomic mass is 10.00. The average Bonchev–Trinajstić information content (AvgIpc) is 2.31. The van der Waals surface area contributed by atoms with Crippen LogP contribution in [0.25, 0.3) is 0 Å². The van der Waals surface area contributed by atoms with Crippen molar-refractivity contribution in [3.63, 3.8) is 0 Å². The highest BCUT2D eigenvalue weighted by Crippen LogP contribution is 2.27. The molecule has 1 nitrogen and oxygen atoms in total. The summed E-state index contributed by atoms with van der Waals surface area (Å²) < 4.78 is 14.6. The smallest absolute Gasteiger partial charge is 0.124 e. The fraction of sp³-hybridized carbons (Fsp3) is 0.200. The van der Waals surface area contributed by atoms with Gasteiger partial charge in [0.15, 0.2) is 0 Å². The number of aryl methyl sites for hydroxylation is 1. The number of hydrogen-bond donors (Lipinski definition) is 1. The van der Waals surface area contributed by atoms with Crippen LogP contribution in [-0.4, -0.2) is 5.11 Å². The Balaban J connectivity index is 2.22. The summed E-state index contributed by atoms with van der Waals surface area (Å²) in [5, 5.41) is 10.3. The Labute approximate surface area is 128 Å². The monoisotopic (exact) mass is 386 g/mol. The molecule has 0 radical (unpaired) electrons. The topological polar surface area (TPSA) is 20.2 Å². The van der Waals surface area contributed by atoms with Gasteiger partial charge in [-0.3, -0.25) is 0 Å². The molecule has 0 amide bonds. The minimum absolute atomic E-state index is 0.289. The molecule has 0 saturated heterocycles. The summed E-state index contributed by atoms with van der Waals surface area (Å²) in [6.07, 6.45) is -0.172. The van der Waals surface area contributed by atoms with Crippen molar-refractivity contribution in [2.24, 2.45) is 0 Å². The number of halogens is 3. The largest absolute Gasteiger partial charge is 0.388 e. The molecule has 1 unspecified atom stereocenters. The predicted molar refractivity (Wildman–Crippen MR) is 81.6 cm³/mol. The summed E-state index contributed by atoms with van der Waals surface area (Å²) in [4.78, 5) is 0. The molecule has 0 aliphatic carbocycles. The van der Waals surface area contributed by atoms with Crippen molar-refractivity contribution in [2.75, 3.05) is 0 Å². The molecule has 0 aliphatic rings. The van der Waals surface area contributed by atoms with Crippen LogP contribution in [0.15, 0.2) is 45.3 Å². The van der Waals surface area contributed by atoms with Gasteiger partial charge in [0.05, 0.1) is 6.10 Å². The number of hydrogen-bond acceptors (Lipinski definition) is 1. The maximum Gasteiger partial charge on any atom is 0.124 e. The van der Waals surface area contributed by atoms with Gasteiger partial charge in [0.1, 0.15) is 5.82 Å². The van der Waals surface area contributed by atoms with Crippen LogP contribution < -0.4 is 0 Å². The van der Waals surface area contributed by atoms with Crippen LogP contribution in [0.3, 0.4) is 0 Å². The molecule has 2 aromatic rings. The number of benzene rings is 2. The van der Waals surface area contributed by atoms with Gasteiger partial charge in [-0.2, -0.15) is 0 Å². The average molecular weight is 388 g/mol. The summed E-state index contributed by atoms with van der Waals surface area (Å²) in [7, 11) is 0. The van der Waals surface area contributed by atoms with E-state index < -0.39 is 6.10 Å². The maximum absolute atomic E-state index is 13.0. The summed E-state index contributed by atoms with van der Waals surface area (Å²) in [5.74, 6) is -0.289. The molecule has 1 N–H and O–H groups in total. The normalized spacial score (nSPS) is 12.5. The Morgan fingerprint density at radius 1 is 1.16 bits per heavy atom. The fourth-order valence-corrected chi connectivity index (χ4v) is 3.11. The van der Waals surface area contributed by atoms with Gasteiger partial charge in [-0.1, -0.05) is 44.0 Å². The van der Waals surface area contributed by atoms with Crippen LogP contribution in [0, 0.1) is 12.7 Å². The van der Waals surface area contributed by atoms with Gasteiger partial charge in [0.25, 0.3) is 0 Å². The Kier molecular flexibility index (Phi) is 4.76. The first-order chi connectivity index (χ1) is 8.95. The van der Waals surface area contributed by atoms with Crippen LogP contribution in [0.5, 0.6) is 0 Å². The number of aliphatic hydroxyl groups is 1. The molecule has 0 bridgehead atoms. The quantitative estimate of drug-likeness (QED) is 0.791. The highest BCUT2D eigenvalue weighted by atomic mass is 79.9. The highest BCUT2D eigenvalue weighted by Gasteiger charge is 2.12. The second-order valence-electron chi connectivity index (χ2n) is 4.52. The van der Waals surface area contributed by atoms with Gasteiger partial charge in [-0.05, 0) is 47.9 Å². The first-order valence-electron chi connectivity index (χ1n) is 5.85. The van der Waals surface area contributed by atoms with Crippen molar-refractivity contribution in [2.45, 2.75) is 19.4 Å². The Bertz CT molecular complexity index is 578. The molecule has 0 aromatic heterocycles. The number of aliphatic hydroxyl groups excluding tert-OH is 1. The lowest BCUT2D eigenvalue weighted by Crippen LogP contribution is -2.03. The third kappa shape index (κ3) is 3.88. The van der Waals surface area contributed by atoms with Crippen molar-refractivity contribution in [3.8, 4) is 0 Å². The first-order valence-corrected chi connectivity index (χ1v) is 7.43. The minimum atomic E-state index is -0.613. The maximum atomic E-state index is 13.0. The van der Waals surface area contributed by atoms with E-state index in [0.717, 1.165) is 21.2 Å². The zero-order chi connectivity index (χ0) is 14.0. The van der Waals surface area contributed by atoms with Crippen molar-refractivity contribution in [1.82, 2.24) is 0 Å². The summed E-state index contributed by atoms with van der Waals surface area (Å²) in [6.45, 7) is 1.98. The zero-order valence-corrected chi connectivity index (χ0v) is 13.5. The molecular weight excluding hydrogens is 375 g/mol. The lowest BCUT2D eigenvalue weighted by molar-refractivity contribution is 0.178. The van der Waals surface area contributed by atoms with Gasteiger partial charge in [-0.15, -0.1) is 0 Å². The summed E-state index contributed by atoms with van der Waals surface area (Å²) in [5.41, 5.74) is 2.82. The van der Waals surface area contributed by atoms with Gasteiger partial charge in [-0.25, -0.2) is 4.39 Å². The molecule has 0 aliphatic heterocycles. The van der Waals surface area contributed by atoms with E-state index in [1.165, 1.54) is 12.1 Å². The van der Waals surface area contributed by atoms with Gasteiger partial charge < -0.3 is 5.11 Å². The van der Waals surface area contributed by atoms with Crippen LogP contribution in [0.4, 0.5) is 4.39 Å². The Morgan fingerprint density at radius 3 is 2.53 bits per heavy atom. The second kappa shape index (κ2) is 6.16. The van der Waals surface area contributed by atoms with Crippen LogP contribution in [0.1, 0.15) is 22.8 Å². The predicted octanol–water partition coefficient (Wildman–Crippen LogP) is 4.94. The molecular formula is C15H13Br2FO. The molecule has 2 aromatic carbocycles. The first kappa shape index (κ1) is 14.7. The molecule has 0 fully saturated rings. The molecule has 0 spiro atoms. The van der Waals surface area contributed by atoms with Gasteiger partial charge in [0, 0.05) is 15.4 Å². The zero-order valence-electron chi connectivity index (χ0n) is 10.3. The van der Waals surface area contributed by atoms with Crippen LogP contribution in [-0.2, 0) is 6.42 Å². The van der Waals surface area contributed by atoms with E-state index >= 15 is 0 Å². The molecule has 2 rings (SSSR count). The third-order valence-electron chi connectivity index (χ3n) is 2.88. The summed E-state index contributed by atoms with van der Waals surface area (Å²) in [6, 6.07) is 10.3. The SMILES string of the molecule is Cc1cc(Br)cc(C(O)Cc2ccc(F)cc2Br)c1. The molecule has 1 atom stereocenters. The van der Waals surface area contributed by atoms with Crippen molar-refractivity contribution < 1.29 is 9.50 Å². The molecule has 100 valence electrons. The molecule has 19 heavy (non-hydrogen) atoms. The summed E-state index contributed by atoms with van der Waals surface area (Å²) >= 11 is 6.74. The molecule has 0 saturated carbocycles. The van der Waals surface area contributed by atoms with E-state index in [0.29, 0.717) is 10.9 Å². The van der Waals surface area contributed by atoms with E-state index in [9.17, 15) is 9.50 Å². The van der Waals surface area contributed by atoms with Crippen LogP contribution in [0.2, 0.25) is 0 Å². The Hall–Kier alpha value is -0.710. The van der Waals surface area contributed by atoms with Crippen molar-refractivity contribution >= 4 is 31.9 Å². The third-order valence-corrected chi connectivity index (χ3v) is 4.07. The second-order valence-corrected chi connectivity index (χ2v) is 6.29. The molecule has 4 heteroatoms. The van der Waals surface area contributed by atoms with E-state index in [1.807, 2.05) is 25.1 Å². The van der Waals surface area contributed by atoms with E-state index in [4.69, 9.17) is 0 Å². The number of rotatable bonds is 3.